The molecule has 0 unspecified atom stereocenters. The number of carbonyl (C=O) groups is 4. The van der Waals surface area contributed by atoms with Crippen molar-refractivity contribution in [3.05, 3.63) is 46.2 Å². The Morgan fingerprint density at radius 2 is 1.14 bits per heavy atom. The van der Waals surface area contributed by atoms with E-state index in [0.29, 0.717) is 52.4 Å². The first kappa shape index (κ1) is 41.0. The van der Waals surface area contributed by atoms with E-state index in [0.717, 1.165) is 12.1 Å². The summed E-state index contributed by atoms with van der Waals surface area (Å²) in [5, 5.41) is -0.116. The summed E-state index contributed by atoms with van der Waals surface area (Å²) < 4.78 is 49.0. The Morgan fingerprint density at radius 3 is 1.57 bits per heavy atom. The molecule has 0 spiro atoms. The van der Waals surface area contributed by atoms with Crippen LogP contribution in [0.15, 0.2) is 18.3 Å². The minimum absolute atomic E-state index is 0.0480. The molecule has 0 aliphatic carbocycles. The molecule has 0 N–H and O–H groups in total. The number of rotatable bonds is 6. The molecule has 2 fully saturated rings. The highest BCUT2D eigenvalue weighted by molar-refractivity contribution is 6.32. The first-order valence-electron chi connectivity index (χ1n) is 16.6. The van der Waals surface area contributed by atoms with E-state index in [-0.39, 0.29) is 47.2 Å². The van der Waals surface area contributed by atoms with Gasteiger partial charge in [-0.3, -0.25) is 0 Å². The number of halogens is 3. The van der Waals surface area contributed by atoms with Gasteiger partial charge in [0.25, 0.3) is 0 Å². The molecule has 51 heavy (non-hydrogen) atoms. The van der Waals surface area contributed by atoms with Crippen LogP contribution in [0.25, 0.3) is 0 Å². The topological polar surface area (TPSA) is 144 Å². The van der Waals surface area contributed by atoms with Gasteiger partial charge in [-0.15, -0.1) is 0 Å². The zero-order valence-corrected chi connectivity index (χ0v) is 31.1. The largest absolute Gasteiger partial charge is 0.462 e. The third-order valence-electron chi connectivity index (χ3n) is 7.20. The molecule has 282 valence electrons. The van der Waals surface area contributed by atoms with Crippen molar-refractivity contribution in [3.63, 3.8) is 0 Å². The maximum atomic E-state index is 14.4. The first-order valence-corrected chi connectivity index (χ1v) is 17.0. The number of esters is 2. The minimum atomic E-state index is -0.717. The maximum absolute atomic E-state index is 14.4. The number of anilines is 2. The molecule has 0 aromatic carbocycles. The van der Waals surface area contributed by atoms with Gasteiger partial charge < -0.3 is 38.5 Å². The standard InChI is InChI=1S/C17H23ClFN3O4.C17H24FN3O4/c1-5-25-15(23)11-10-12(19)14(20-13(11)18)21-6-8-22(9-7-21)16(24)26-17(2,3)4;1-5-24-15(22)12-10-13(18)14(19-11-12)20-6-8-21(9-7-20)16(23)25-17(2,3)4/h10H,5-9H2,1-4H3;10-11H,5-9H2,1-4H3. The van der Waals surface area contributed by atoms with Crippen LogP contribution in [0.2, 0.25) is 5.15 Å². The quantitative estimate of drug-likeness (QED) is 0.208. The molecule has 14 nitrogen and oxygen atoms in total. The van der Waals surface area contributed by atoms with E-state index in [4.69, 9.17) is 30.5 Å². The number of hydrogen-bond acceptors (Lipinski definition) is 12. The fraction of sp³-hybridized carbons (Fsp3) is 0.588. The number of aromatic nitrogens is 2. The molecule has 4 rings (SSSR count). The smallest absolute Gasteiger partial charge is 0.410 e. The molecule has 2 aliphatic heterocycles. The fourth-order valence-corrected chi connectivity index (χ4v) is 5.09. The van der Waals surface area contributed by atoms with E-state index in [9.17, 15) is 28.0 Å². The van der Waals surface area contributed by atoms with E-state index in [1.54, 1.807) is 54.2 Å². The lowest BCUT2D eigenvalue weighted by Crippen LogP contribution is -2.50. The first-order chi connectivity index (χ1) is 23.8. The van der Waals surface area contributed by atoms with Gasteiger partial charge in [-0.2, -0.15) is 0 Å². The number of hydrogen-bond donors (Lipinski definition) is 0. The molecule has 0 saturated carbocycles. The van der Waals surface area contributed by atoms with Crippen LogP contribution in [0.1, 0.15) is 76.1 Å². The molecule has 0 atom stereocenters. The Hall–Kier alpha value is -4.47. The fourth-order valence-electron chi connectivity index (χ4n) is 4.88. The second-order valence-electron chi connectivity index (χ2n) is 13.5. The zero-order chi connectivity index (χ0) is 38.1. The summed E-state index contributed by atoms with van der Waals surface area (Å²) in [6, 6.07) is 2.16. The van der Waals surface area contributed by atoms with Crippen LogP contribution in [0.5, 0.6) is 0 Å². The summed E-state index contributed by atoms with van der Waals surface area (Å²) in [6.07, 6.45) is 0.524. The summed E-state index contributed by atoms with van der Waals surface area (Å²) in [6.45, 7) is 17.7. The number of pyridine rings is 2. The molecule has 17 heteroatoms. The second kappa shape index (κ2) is 17.6. The zero-order valence-electron chi connectivity index (χ0n) is 30.4. The van der Waals surface area contributed by atoms with E-state index < -0.39 is 40.9 Å². The molecule has 4 heterocycles. The number of nitrogens with zero attached hydrogens (tertiary/aromatic N) is 6. The van der Waals surface area contributed by atoms with Crippen LogP contribution in [0.4, 0.5) is 30.0 Å². The third-order valence-corrected chi connectivity index (χ3v) is 7.49. The average Bonchev–Trinajstić information content (AvgIpc) is 3.04. The molecular weight excluding hydrogens is 694 g/mol. The van der Waals surface area contributed by atoms with Gasteiger partial charge in [0.1, 0.15) is 21.9 Å². The van der Waals surface area contributed by atoms with Gasteiger partial charge in [0, 0.05) is 58.6 Å². The molecule has 2 aromatic rings. The summed E-state index contributed by atoms with van der Waals surface area (Å²) in [4.78, 5) is 62.1. The highest BCUT2D eigenvalue weighted by Gasteiger charge is 2.30. The van der Waals surface area contributed by atoms with Crippen molar-refractivity contribution in [1.29, 1.82) is 0 Å². The van der Waals surface area contributed by atoms with Gasteiger partial charge in [-0.05, 0) is 67.5 Å². The molecule has 0 radical (unpaired) electrons. The van der Waals surface area contributed by atoms with Crippen LogP contribution in [0.3, 0.4) is 0 Å². The van der Waals surface area contributed by atoms with Crippen molar-refractivity contribution in [2.45, 2.75) is 66.6 Å². The SMILES string of the molecule is CCOC(=O)c1cc(F)c(N2CCN(C(=O)OC(C)(C)C)CC2)nc1Cl.CCOC(=O)c1cnc(N2CCN(C(=O)OC(C)(C)C)CC2)c(F)c1. The maximum Gasteiger partial charge on any atom is 0.410 e. The molecule has 2 aliphatic rings. The molecule has 2 amide bonds. The molecule has 2 aromatic heterocycles. The number of ether oxygens (including phenoxy) is 4. The van der Waals surface area contributed by atoms with E-state index in [1.165, 1.54) is 6.20 Å². The normalized spacial score (nSPS) is 15.0. The predicted molar refractivity (Wildman–Crippen MR) is 185 cm³/mol. The van der Waals surface area contributed by atoms with Gasteiger partial charge in [-0.25, -0.2) is 37.9 Å². The van der Waals surface area contributed by atoms with E-state index >= 15 is 0 Å². The van der Waals surface area contributed by atoms with Gasteiger partial charge in [-0.1, -0.05) is 11.6 Å². The average molecular weight is 741 g/mol. The van der Waals surface area contributed by atoms with Crippen molar-refractivity contribution < 1.29 is 46.9 Å². The predicted octanol–water partition coefficient (Wildman–Crippen LogP) is 5.56. The number of amides is 2. The van der Waals surface area contributed by atoms with E-state index in [2.05, 4.69) is 9.97 Å². The van der Waals surface area contributed by atoms with Crippen molar-refractivity contribution >= 4 is 47.4 Å². The molecule has 0 bridgehead atoms. The Labute approximate surface area is 301 Å². The highest BCUT2D eigenvalue weighted by atomic mass is 35.5. The number of piperazine rings is 2. The third kappa shape index (κ3) is 12.1. The summed E-state index contributed by atoms with van der Waals surface area (Å²) >= 11 is 6.01. The second-order valence-corrected chi connectivity index (χ2v) is 13.9. The Kier molecular flexibility index (Phi) is 14.2. The van der Waals surface area contributed by atoms with Crippen LogP contribution in [-0.4, -0.2) is 121 Å². The summed E-state index contributed by atoms with van der Waals surface area (Å²) in [5.74, 6) is -2.36. The van der Waals surface area contributed by atoms with Gasteiger partial charge in [0.2, 0.25) is 0 Å². The van der Waals surface area contributed by atoms with E-state index in [1.807, 2.05) is 20.8 Å². The molecular formula is C34H47ClF2N6O8. The summed E-state index contributed by atoms with van der Waals surface area (Å²) in [5.41, 5.74) is -1.15. The van der Waals surface area contributed by atoms with Crippen LogP contribution >= 0.6 is 11.6 Å². The lowest BCUT2D eigenvalue weighted by molar-refractivity contribution is 0.0229. The van der Waals surface area contributed by atoms with Gasteiger partial charge >= 0.3 is 24.1 Å². The van der Waals surface area contributed by atoms with Crippen molar-refractivity contribution in [2.24, 2.45) is 0 Å². The van der Waals surface area contributed by atoms with Gasteiger partial charge in [0.05, 0.1) is 18.8 Å². The Balaban J connectivity index is 0.000000276. The van der Waals surface area contributed by atoms with Crippen molar-refractivity contribution in [1.82, 2.24) is 19.8 Å². The van der Waals surface area contributed by atoms with Crippen LogP contribution < -0.4 is 9.80 Å². The lowest BCUT2D eigenvalue weighted by Gasteiger charge is -2.36. The Bertz CT molecular complexity index is 1550. The summed E-state index contributed by atoms with van der Waals surface area (Å²) in [7, 11) is 0. The van der Waals surface area contributed by atoms with Crippen molar-refractivity contribution in [3.8, 4) is 0 Å². The van der Waals surface area contributed by atoms with Crippen molar-refractivity contribution in [2.75, 3.05) is 75.4 Å². The minimum Gasteiger partial charge on any atom is -0.462 e. The highest BCUT2D eigenvalue weighted by Crippen LogP contribution is 2.26. The van der Waals surface area contributed by atoms with Crippen LogP contribution in [0, 0.1) is 11.6 Å². The number of carbonyl (C=O) groups excluding carboxylic acids is 4. The van der Waals surface area contributed by atoms with Gasteiger partial charge in [0.15, 0.2) is 23.3 Å². The lowest BCUT2D eigenvalue weighted by atomic mass is 10.2. The Morgan fingerprint density at radius 1 is 0.706 bits per heavy atom. The molecule has 2 saturated heterocycles. The monoisotopic (exact) mass is 740 g/mol. The van der Waals surface area contributed by atoms with Crippen LogP contribution in [-0.2, 0) is 18.9 Å².